The molecule has 0 aromatic rings. The fourth-order valence-corrected chi connectivity index (χ4v) is 1.38. The summed E-state index contributed by atoms with van der Waals surface area (Å²) in [6.45, 7) is 6.27. The van der Waals surface area contributed by atoms with Crippen molar-refractivity contribution in [1.82, 2.24) is 4.90 Å². The van der Waals surface area contributed by atoms with E-state index in [0.717, 1.165) is 38.8 Å². The number of allylic oxidation sites excluding steroid dienone is 1. The van der Waals surface area contributed by atoms with Crippen molar-refractivity contribution in [2.24, 2.45) is 0 Å². The van der Waals surface area contributed by atoms with Gasteiger partial charge in [-0.15, -0.1) is 0 Å². The van der Waals surface area contributed by atoms with Crippen molar-refractivity contribution in [3.63, 3.8) is 0 Å². The maximum atomic E-state index is 8.86. The van der Waals surface area contributed by atoms with Crippen molar-refractivity contribution >= 4 is 0 Å². The minimum absolute atomic E-state index is 0.214. The van der Waals surface area contributed by atoms with E-state index in [9.17, 15) is 0 Å². The van der Waals surface area contributed by atoms with E-state index < -0.39 is 0 Å². The molecular weight excluding hydrogens is 198 g/mol. The number of rotatable bonds is 8. The van der Waals surface area contributed by atoms with Crippen LogP contribution in [0.15, 0.2) is 11.8 Å². The molecule has 0 saturated carbocycles. The van der Waals surface area contributed by atoms with Crippen LogP contribution in [-0.2, 0) is 0 Å². The van der Waals surface area contributed by atoms with Gasteiger partial charge in [-0.25, -0.2) is 0 Å². The molecule has 0 heterocycles. The Hall–Kier alpha value is -1.48. The molecule has 0 aliphatic carbocycles. The Kier molecular flexibility index (Phi) is 9.12. The normalized spacial score (nSPS) is 10.6. The van der Waals surface area contributed by atoms with E-state index in [-0.39, 0.29) is 6.42 Å². The molecule has 0 aliphatic heterocycles. The quantitative estimate of drug-likeness (QED) is 0.589. The lowest BCUT2D eigenvalue weighted by molar-refractivity contribution is 0.358. The Balaban J connectivity index is 4.37. The highest BCUT2D eigenvalue weighted by Crippen LogP contribution is 2.05. The van der Waals surface area contributed by atoms with Crippen LogP contribution < -0.4 is 0 Å². The third kappa shape index (κ3) is 6.90. The van der Waals surface area contributed by atoms with Crippen LogP contribution in [0.25, 0.3) is 0 Å². The SMILES string of the molecule is CCCCN(C=C(C#N)CC#N)CCCC. The van der Waals surface area contributed by atoms with Gasteiger partial charge in [0.15, 0.2) is 0 Å². The molecule has 88 valence electrons. The first-order valence-electron chi connectivity index (χ1n) is 6.00. The lowest BCUT2D eigenvalue weighted by Gasteiger charge is -2.20. The summed E-state index contributed by atoms with van der Waals surface area (Å²) in [4.78, 5) is 2.17. The molecule has 0 bridgehead atoms. The summed E-state index contributed by atoms with van der Waals surface area (Å²) in [5.41, 5.74) is 0.565. The predicted molar refractivity (Wildman–Crippen MR) is 65.3 cm³/mol. The van der Waals surface area contributed by atoms with Crippen LogP contribution in [0, 0.1) is 22.7 Å². The second kappa shape index (κ2) is 10.1. The summed E-state index contributed by atoms with van der Waals surface area (Å²) >= 11 is 0. The number of nitrogens with zero attached hydrogens (tertiary/aromatic N) is 3. The largest absolute Gasteiger partial charge is 0.377 e. The first-order valence-corrected chi connectivity index (χ1v) is 6.00. The first kappa shape index (κ1) is 14.5. The molecule has 0 aromatic heterocycles. The van der Waals surface area contributed by atoms with Gasteiger partial charge in [0.1, 0.15) is 0 Å². The van der Waals surface area contributed by atoms with Crippen molar-refractivity contribution in [3.05, 3.63) is 11.8 Å². The van der Waals surface area contributed by atoms with Crippen LogP contribution in [-0.4, -0.2) is 18.0 Å². The molecular formula is C13H21N3. The predicted octanol–water partition coefficient (Wildman–Crippen LogP) is 3.21. The van der Waals surface area contributed by atoms with E-state index in [1.165, 1.54) is 0 Å². The van der Waals surface area contributed by atoms with E-state index in [4.69, 9.17) is 10.5 Å². The molecule has 0 rings (SSSR count). The Bertz CT molecular complexity index is 273. The van der Waals surface area contributed by atoms with E-state index in [2.05, 4.69) is 24.8 Å². The van der Waals surface area contributed by atoms with Crippen LogP contribution in [0.5, 0.6) is 0 Å². The van der Waals surface area contributed by atoms with Crippen LogP contribution >= 0.6 is 0 Å². The average molecular weight is 219 g/mol. The Morgan fingerprint density at radius 2 is 1.69 bits per heavy atom. The molecule has 16 heavy (non-hydrogen) atoms. The van der Waals surface area contributed by atoms with Gasteiger partial charge < -0.3 is 4.90 Å². The van der Waals surface area contributed by atoms with E-state index in [1.807, 2.05) is 12.3 Å². The molecule has 0 N–H and O–H groups in total. The number of hydrogen-bond acceptors (Lipinski definition) is 3. The monoisotopic (exact) mass is 219 g/mol. The molecule has 0 aliphatic rings. The zero-order valence-electron chi connectivity index (χ0n) is 10.4. The van der Waals surface area contributed by atoms with Crippen LogP contribution in [0.1, 0.15) is 46.0 Å². The fourth-order valence-electron chi connectivity index (χ4n) is 1.38. The van der Waals surface area contributed by atoms with Gasteiger partial charge in [-0.1, -0.05) is 26.7 Å². The molecule has 0 atom stereocenters. The maximum Gasteiger partial charge on any atom is 0.0973 e. The lowest BCUT2D eigenvalue weighted by atomic mass is 10.2. The van der Waals surface area contributed by atoms with Crippen molar-refractivity contribution < 1.29 is 0 Å². The van der Waals surface area contributed by atoms with Crippen LogP contribution in [0.2, 0.25) is 0 Å². The molecule has 0 spiro atoms. The second-order valence-electron chi connectivity index (χ2n) is 3.84. The molecule has 0 fully saturated rings. The first-order chi connectivity index (χ1) is 7.78. The number of hydrogen-bond donors (Lipinski definition) is 0. The summed E-state index contributed by atoms with van der Waals surface area (Å²) in [6.07, 6.45) is 6.63. The zero-order valence-corrected chi connectivity index (χ0v) is 10.4. The minimum Gasteiger partial charge on any atom is -0.377 e. The van der Waals surface area contributed by atoms with Gasteiger partial charge in [0.05, 0.1) is 24.1 Å². The van der Waals surface area contributed by atoms with Gasteiger partial charge in [0, 0.05) is 19.3 Å². The van der Waals surface area contributed by atoms with Gasteiger partial charge in [-0.3, -0.25) is 0 Å². The summed E-state index contributed by atoms with van der Waals surface area (Å²) < 4.78 is 0. The van der Waals surface area contributed by atoms with Crippen LogP contribution in [0.3, 0.4) is 0 Å². The molecule has 0 amide bonds. The molecule has 0 saturated heterocycles. The van der Waals surface area contributed by atoms with Gasteiger partial charge in [-0.2, -0.15) is 10.5 Å². The summed E-state index contributed by atoms with van der Waals surface area (Å²) in [6, 6.07) is 4.10. The third-order valence-electron chi connectivity index (χ3n) is 2.35. The Morgan fingerprint density at radius 3 is 2.06 bits per heavy atom. The van der Waals surface area contributed by atoms with Crippen molar-refractivity contribution in [2.45, 2.75) is 46.0 Å². The molecule has 0 radical (unpaired) electrons. The smallest absolute Gasteiger partial charge is 0.0973 e. The van der Waals surface area contributed by atoms with Gasteiger partial charge in [0.2, 0.25) is 0 Å². The van der Waals surface area contributed by atoms with Crippen molar-refractivity contribution in [1.29, 1.82) is 10.5 Å². The lowest BCUT2D eigenvalue weighted by Crippen LogP contribution is -2.20. The second-order valence-corrected chi connectivity index (χ2v) is 3.84. The molecule has 3 heteroatoms. The van der Waals surface area contributed by atoms with Gasteiger partial charge in [-0.05, 0) is 12.8 Å². The standard InChI is InChI=1S/C13H21N3/c1-3-5-9-16(10-6-4-2)12-13(11-15)7-8-14/h12H,3-7,9-10H2,1-2H3. The highest BCUT2D eigenvalue weighted by molar-refractivity contribution is 5.23. The maximum absolute atomic E-state index is 8.86. The molecule has 0 aromatic carbocycles. The van der Waals surface area contributed by atoms with E-state index >= 15 is 0 Å². The molecule has 0 unspecified atom stereocenters. The Morgan fingerprint density at radius 1 is 1.12 bits per heavy atom. The average Bonchev–Trinajstić information content (AvgIpc) is 2.31. The van der Waals surface area contributed by atoms with Crippen molar-refractivity contribution in [3.8, 4) is 12.1 Å². The fraction of sp³-hybridized carbons (Fsp3) is 0.692. The minimum atomic E-state index is 0.214. The Labute approximate surface area is 99.0 Å². The van der Waals surface area contributed by atoms with E-state index in [0.29, 0.717) is 5.57 Å². The van der Waals surface area contributed by atoms with Crippen molar-refractivity contribution in [2.75, 3.05) is 13.1 Å². The zero-order chi connectivity index (χ0) is 12.2. The highest BCUT2D eigenvalue weighted by atomic mass is 15.1. The highest BCUT2D eigenvalue weighted by Gasteiger charge is 2.02. The third-order valence-corrected chi connectivity index (χ3v) is 2.35. The summed E-state index contributed by atoms with van der Waals surface area (Å²) in [5, 5.41) is 17.4. The summed E-state index contributed by atoms with van der Waals surface area (Å²) in [5.74, 6) is 0. The van der Waals surface area contributed by atoms with E-state index in [1.54, 1.807) is 0 Å². The van der Waals surface area contributed by atoms with Gasteiger partial charge >= 0.3 is 0 Å². The number of unbranched alkanes of at least 4 members (excludes halogenated alkanes) is 2. The molecule has 3 nitrogen and oxygen atoms in total. The van der Waals surface area contributed by atoms with Gasteiger partial charge in [0.25, 0.3) is 0 Å². The summed E-state index contributed by atoms with van der Waals surface area (Å²) in [7, 11) is 0. The van der Waals surface area contributed by atoms with Crippen LogP contribution in [0.4, 0.5) is 0 Å². The number of nitriles is 2. The topological polar surface area (TPSA) is 50.8 Å².